The summed E-state index contributed by atoms with van der Waals surface area (Å²) in [5, 5.41) is 29.0. The number of carbonyl (C=O) groups is 1. The third-order valence-corrected chi connectivity index (χ3v) is 6.46. The standard InChI is InChI=1S/C26H31N3O4/c30-15-13-28(12-11-21-18-29(14-16-31)24-4-2-1-3-22(21)24)25-9-7-20-17-19(5-8-23(20)25)6-10-26(32)27-33/h1-6,8,10,17-18,25,30-31,33H,7,9,11-16H2,(H,27,32). The molecule has 1 heterocycles. The molecule has 1 aliphatic rings. The lowest BCUT2D eigenvalue weighted by molar-refractivity contribution is -0.124. The van der Waals surface area contributed by atoms with Gasteiger partial charge in [-0.3, -0.25) is 14.9 Å². The Morgan fingerprint density at radius 3 is 2.79 bits per heavy atom. The average Bonchev–Trinajstić information content (AvgIpc) is 3.42. The van der Waals surface area contributed by atoms with Crippen molar-refractivity contribution in [2.45, 2.75) is 31.8 Å². The first-order valence-electron chi connectivity index (χ1n) is 11.4. The molecular weight excluding hydrogens is 418 g/mol. The van der Waals surface area contributed by atoms with Gasteiger partial charge in [0, 0.05) is 48.9 Å². The molecule has 3 aromatic rings. The molecule has 0 spiro atoms. The van der Waals surface area contributed by atoms with Crippen LogP contribution in [0.2, 0.25) is 0 Å². The average molecular weight is 450 g/mol. The van der Waals surface area contributed by atoms with E-state index in [-0.39, 0.29) is 19.3 Å². The maximum atomic E-state index is 11.2. The Kier molecular flexibility index (Phi) is 7.57. The summed E-state index contributed by atoms with van der Waals surface area (Å²) >= 11 is 0. The van der Waals surface area contributed by atoms with Gasteiger partial charge in [0.2, 0.25) is 0 Å². The highest BCUT2D eigenvalue weighted by atomic mass is 16.5. The minimum atomic E-state index is -0.553. The molecule has 4 N–H and O–H groups in total. The molecule has 0 fully saturated rings. The Morgan fingerprint density at radius 1 is 1.15 bits per heavy atom. The lowest BCUT2D eigenvalue weighted by atomic mass is 10.0. The van der Waals surface area contributed by atoms with Gasteiger partial charge in [0.15, 0.2) is 0 Å². The highest BCUT2D eigenvalue weighted by Crippen LogP contribution is 2.36. The van der Waals surface area contributed by atoms with Crippen LogP contribution >= 0.6 is 0 Å². The van der Waals surface area contributed by atoms with Crippen molar-refractivity contribution in [2.24, 2.45) is 0 Å². The molecule has 1 aromatic heterocycles. The largest absolute Gasteiger partial charge is 0.395 e. The number of aliphatic hydroxyl groups is 2. The summed E-state index contributed by atoms with van der Waals surface area (Å²) < 4.78 is 2.11. The Hall–Kier alpha value is -2.97. The molecule has 0 bridgehead atoms. The van der Waals surface area contributed by atoms with Crippen molar-refractivity contribution in [1.29, 1.82) is 0 Å². The lowest BCUT2D eigenvalue weighted by Gasteiger charge is -2.29. The number of carbonyl (C=O) groups excluding carboxylic acids is 1. The van der Waals surface area contributed by atoms with Crippen LogP contribution in [0.15, 0.2) is 54.7 Å². The van der Waals surface area contributed by atoms with Crippen LogP contribution in [0, 0.1) is 0 Å². The summed E-state index contributed by atoms with van der Waals surface area (Å²) in [5.74, 6) is -0.553. The molecule has 4 rings (SSSR count). The van der Waals surface area contributed by atoms with Gasteiger partial charge >= 0.3 is 0 Å². The fraction of sp³-hybridized carbons (Fsp3) is 0.346. The second-order valence-electron chi connectivity index (χ2n) is 8.42. The van der Waals surface area contributed by atoms with E-state index < -0.39 is 5.91 Å². The molecule has 0 saturated heterocycles. The van der Waals surface area contributed by atoms with Gasteiger partial charge in [-0.1, -0.05) is 36.4 Å². The van der Waals surface area contributed by atoms with Gasteiger partial charge in [0.25, 0.3) is 5.91 Å². The van der Waals surface area contributed by atoms with Crippen molar-refractivity contribution in [3.8, 4) is 0 Å². The van der Waals surface area contributed by atoms with E-state index in [1.807, 2.05) is 18.2 Å². The Morgan fingerprint density at radius 2 is 2.00 bits per heavy atom. The number of hydroxylamine groups is 1. The van der Waals surface area contributed by atoms with Crippen molar-refractivity contribution >= 4 is 22.9 Å². The molecule has 1 aliphatic carbocycles. The van der Waals surface area contributed by atoms with Crippen molar-refractivity contribution < 1.29 is 20.2 Å². The number of fused-ring (bicyclic) bond motifs is 2. The number of nitrogens with zero attached hydrogens (tertiary/aromatic N) is 2. The van der Waals surface area contributed by atoms with E-state index in [4.69, 9.17) is 5.21 Å². The number of hydrogen-bond donors (Lipinski definition) is 4. The number of benzene rings is 2. The van der Waals surface area contributed by atoms with Crippen LogP contribution < -0.4 is 5.48 Å². The summed E-state index contributed by atoms with van der Waals surface area (Å²) in [5.41, 5.74) is 7.44. The minimum absolute atomic E-state index is 0.106. The number of para-hydroxylation sites is 1. The molecule has 2 aromatic carbocycles. The van der Waals surface area contributed by atoms with Gasteiger partial charge in [-0.15, -0.1) is 0 Å². The minimum Gasteiger partial charge on any atom is -0.395 e. The zero-order valence-corrected chi connectivity index (χ0v) is 18.7. The van der Waals surface area contributed by atoms with Gasteiger partial charge in [-0.2, -0.15) is 0 Å². The molecule has 7 nitrogen and oxygen atoms in total. The van der Waals surface area contributed by atoms with E-state index in [0.717, 1.165) is 36.9 Å². The molecule has 7 heteroatoms. The van der Waals surface area contributed by atoms with Gasteiger partial charge < -0.3 is 14.8 Å². The van der Waals surface area contributed by atoms with Gasteiger partial charge in [0.1, 0.15) is 0 Å². The van der Waals surface area contributed by atoms with Gasteiger partial charge in [0.05, 0.1) is 13.2 Å². The lowest BCUT2D eigenvalue weighted by Crippen LogP contribution is -2.32. The molecule has 1 amide bonds. The van der Waals surface area contributed by atoms with Crippen LogP contribution in [-0.2, 0) is 24.2 Å². The van der Waals surface area contributed by atoms with E-state index in [1.165, 1.54) is 28.2 Å². The number of amides is 1. The Bertz CT molecular complexity index is 1140. The summed E-state index contributed by atoms with van der Waals surface area (Å²) in [6.45, 7) is 2.23. The molecule has 174 valence electrons. The van der Waals surface area contributed by atoms with Crippen molar-refractivity contribution in [1.82, 2.24) is 14.9 Å². The quantitative estimate of drug-likeness (QED) is 0.217. The smallest absolute Gasteiger partial charge is 0.267 e. The Labute approximate surface area is 193 Å². The van der Waals surface area contributed by atoms with Crippen LogP contribution in [0.1, 0.15) is 34.7 Å². The summed E-state index contributed by atoms with van der Waals surface area (Å²) in [6, 6.07) is 14.7. The summed E-state index contributed by atoms with van der Waals surface area (Å²) in [6.07, 6.45) is 7.94. The van der Waals surface area contributed by atoms with E-state index in [0.29, 0.717) is 13.1 Å². The first-order valence-corrected chi connectivity index (χ1v) is 11.4. The summed E-state index contributed by atoms with van der Waals surface area (Å²) in [4.78, 5) is 13.6. The predicted octanol–water partition coefficient (Wildman–Crippen LogP) is 2.68. The van der Waals surface area contributed by atoms with E-state index in [9.17, 15) is 15.0 Å². The van der Waals surface area contributed by atoms with Crippen molar-refractivity contribution in [3.63, 3.8) is 0 Å². The first kappa shape index (κ1) is 23.2. The number of aliphatic hydroxyl groups excluding tert-OH is 2. The van der Waals surface area contributed by atoms with Crippen LogP contribution in [0.25, 0.3) is 17.0 Å². The SMILES string of the molecule is O=C(C=Cc1ccc2c(c1)CCC2N(CCO)CCc1cn(CCO)c2ccccc12)NO. The highest BCUT2D eigenvalue weighted by Gasteiger charge is 2.27. The fourth-order valence-electron chi connectivity index (χ4n) is 4.94. The van der Waals surface area contributed by atoms with Crippen LogP contribution in [0.5, 0.6) is 0 Å². The number of aryl methyl sites for hydroxylation is 1. The number of aromatic nitrogens is 1. The maximum Gasteiger partial charge on any atom is 0.267 e. The van der Waals surface area contributed by atoms with Crippen LogP contribution in [0.4, 0.5) is 0 Å². The number of nitrogens with one attached hydrogen (secondary N) is 1. The zero-order valence-electron chi connectivity index (χ0n) is 18.7. The zero-order chi connectivity index (χ0) is 23.2. The molecule has 1 unspecified atom stereocenters. The second kappa shape index (κ2) is 10.8. The predicted molar refractivity (Wildman–Crippen MR) is 128 cm³/mol. The normalized spacial score (nSPS) is 15.6. The van der Waals surface area contributed by atoms with Crippen molar-refractivity contribution in [3.05, 3.63) is 77.0 Å². The number of hydrogen-bond acceptors (Lipinski definition) is 5. The third kappa shape index (κ3) is 5.17. The topological polar surface area (TPSA) is 98.0 Å². The molecule has 0 saturated carbocycles. The Balaban J connectivity index is 1.51. The van der Waals surface area contributed by atoms with Crippen LogP contribution in [-0.4, -0.2) is 57.1 Å². The third-order valence-electron chi connectivity index (χ3n) is 6.46. The first-order chi connectivity index (χ1) is 16.1. The maximum absolute atomic E-state index is 11.2. The molecule has 1 atom stereocenters. The summed E-state index contributed by atoms with van der Waals surface area (Å²) in [7, 11) is 0. The highest BCUT2D eigenvalue weighted by molar-refractivity contribution is 5.90. The van der Waals surface area contributed by atoms with Gasteiger partial charge in [-0.25, -0.2) is 5.48 Å². The fourth-order valence-corrected chi connectivity index (χ4v) is 4.94. The second-order valence-corrected chi connectivity index (χ2v) is 8.42. The van der Waals surface area contributed by atoms with E-state index in [1.54, 1.807) is 11.6 Å². The molecule has 0 radical (unpaired) electrons. The monoisotopic (exact) mass is 449 g/mol. The number of rotatable bonds is 10. The van der Waals surface area contributed by atoms with E-state index in [2.05, 4.69) is 39.9 Å². The molecule has 0 aliphatic heterocycles. The van der Waals surface area contributed by atoms with Crippen molar-refractivity contribution in [2.75, 3.05) is 26.3 Å². The van der Waals surface area contributed by atoms with E-state index >= 15 is 0 Å². The molecular formula is C26H31N3O4. The van der Waals surface area contributed by atoms with Gasteiger partial charge in [-0.05, 0) is 53.7 Å². The van der Waals surface area contributed by atoms with Crippen LogP contribution in [0.3, 0.4) is 0 Å². The molecule has 33 heavy (non-hydrogen) atoms.